The first-order valence-corrected chi connectivity index (χ1v) is 6.69. The van der Waals surface area contributed by atoms with Gasteiger partial charge in [-0.3, -0.25) is 0 Å². The third-order valence-corrected chi connectivity index (χ3v) is 3.18. The van der Waals surface area contributed by atoms with E-state index in [0.29, 0.717) is 22.7 Å². The SMILES string of the molecule is Nc1ccc(Oc2ccc(C(O)C(O)CCl)cc2)cc1. The molecule has 5 heteroatoms. The number of hydrogen-bond donors (Lipinski definition) is 3. The van der Waals surface area contributed by atoms with Crippen molar-refractivity contribution in [1.82, 2.24) is 0 Å². The molecule has 2 atom stereocenters. The van der Waals surface area contributed by atoms with Crippen LogP contribution in [0.3, 0.4) is 0 Å². The molecule has 20 heavy (non-hydrogen) atoms. The molecule has 0 saturated carbocycles. The van der Waals surface area contributed by atoms with Crippen molar-refractivity contribution < 1.29 is 14.9 Å². The van der Waals surface area contributed by atoms with E-state index < -0.39 is 12.2 Å². The van der Waals surface area contributed by atoms with Gasteiger partial charge >= 0.3 is 0 Å². The first-order chi connectivity index (χ1) is 9.60. The topological polar surface area (TPSA) is 75.7 Å². The molecule has 0 fully saturated rings. The molecule has 2 aromatic carbocycles. The second-order valence-electron chi connectivity index (χ2n) is 4.41. The van der Waals surface area contributed by atoms with Crippen molar-refractivity contribution in [3.8, 4) is 11.5 Å². The van der Waals surface area contributed by atoms with Crippen LogP contribution in [-0.4, -0.2) is 22.2 Å². The molecule has 4 N–H and O–H groups in total. The maximum atomic E-state index is 9.81. The zero-order valence-electron chi connectivity index (χ0n) is 10.7. The summed E-state index contributed by atoms with van der Waals surface area (Å²) in [6, 6.07) is 13.9. The summed E-state index contributed by atoms with van der Waals surface area (Å²) in [5, 5.41) is 19.3. The number of hydrogen-bond acceptors (Lipinski definition) is 4. The number of rotatable bonds is 5. The third kappa shape index (κ3) is 3.63. The van der Waals surface area contributed by atoms with E-state index in [0.717, 1.165) is 0 Å². The molecule has 2 unspecified atom stereocenters. The van der Waals surface area contributed by atoms with Crippen molar-refractivity contribution in [2.24, 2.45) is 0 Å². The van der Waals surface area contributed by atoms with Crippen LogP contribution in [0.25, 0.3) is 0 Å². The Kier molecular flexibility index (Phi) is 4.84. The first kappa shape index (κ1) is 14.7. The maximum absolute atomic E-state index is 9.81. The Labute approximate surface area is 122 Å². The van der Waals surface area contributed by atoms with E-state index in [1.807, 2.05) is 0 Å². The molecule has 0 saturated heterocycles. The molecular formula is C15H16ClNO3. The maximum Gasteiger partial charge on any atom is 0.127 e. The quantitative estimate of drug-likeness (QED) is 0.585. The minimum Gasteiger partial charge on any atom is -0.457 e. The van der Waals surface area contributed by atoms with Gasteiger partial charge in [0.15, 0.2) is 0 Å². The lowest BCUT2D eigenvalue weighted by Gasteiger charge is -2.16. The van der Waals surface area contributed by atoms with Gasteiger partial charge in [-0.15, -0.1) is 11.6 Å². The van der Waals surface area contributed by atoms with Gasteiger partial charge in [-0.05, 0) is 42.0 Å². The fraction of sp³-hybridized carbons (Fsp3) is 0.200. The predicted octanol–water partition coefficient (Wildman–Crippen LogP) is 2.69. The minimum atomic E-state index is -1.00. The van der Waals surface area contributed by atoms with Crippen molar-refractivity contribution >= 4 is 17.3 Å². The van der Waals surface area contributed by atoms with Crippen molar-refractivity contribution in [2.75, 3.05) is 11.6 Å². The van der Waals surface area contributed by atoms with Crippen molar-refractivity contribution in [3.63, 3.8) is 0 Å². The fourth-order valence-corrected chi connectivity index (χ4v) is 1.88. The Morgan fingerprint density at radius 2 is 1.45 bits per heavy atom. The van der Waals surface area contributed by atoms with Gasteiger partial charge in [0.2, 0.25) is 0 Å². The lowest BCUT2D eigenvalue weighted by molar-refractivity contribution is 0.0327. The van der Waals surface area contributed by atoms with E-state index >= 15 is 0 Å². The lowest BCUT2D eigenvalue weighted by atomic mass is 10.1. The molecule has 0 aromatic heterocycles. The highest BCUT2D eigenvalue weighted by Crippen LogP contribution is 2.25. The third-order valence-electron chi connectivity index (χ3n) is 2.86. The molecule has 106 valence electrons. The highest BCUT2D eigenvalue weighted by atomic mass is 35.5. The molecule has 0 bridgehead atoms. The summed E-state index contributed by atoms with van der Waals surface area (Å²) in [5.74, 6) is 1.28. The summed E-state index contributed by atoms with van der Waals surface area (Å²) in [5.41, 5.74) is 6.85. The number of ether oxygens (including phenoxy) is 1. The summed E-state index contributed by atoms with van der Waals surface area (Å²) in [6.45, 7) is 0. The minimum absolute atomic E-state index is 0.0230. The standard InChI is InChI=1S/C15H16ClNO3/c16-9-14(18)15(19)10-1-5-12(6-2-10)20-13-7-3-11(17)4-8-13/h1-8,14-15,18-19H,9,17H2. The second-order valence-corrected chi connectivity index (χ2v) is 4.72. The Balaban J connectivity index is 2.06. The zero-order chi connectivity index (χ0) is 14.5. The van der Waals surface area contributed by atoms with Gasteiger partial charge < -0.3 is 20.7 Å². The van der Waals surface area contributed by atoms with Crippen molar-refractivity contribution in [3.05, 3.63) is 54.1 Å². The number of nitrogens with two attached hydrogens (primary N) is 1. The van der Waals surface area contributed by atoms with Gasteiger partial charge in [-0.2, -0.15) is 0 Å². The predicted molar refractivity (Wildman–Crippen MR) is 79.1 cm³/mol. The molecule has 0 aliphatic heterocycles. The van der Waals surface area contributed by atoms with Crippen LogP contribution in [-0.2, 0) is 0 Å². The summed E-state index contributed by atoms with van der Waals surface area (Å²) in [4.78, 5) is 0. The van der Waals surface area contributed by atoms with Crippen LogP contribution in [0.5, 0.6) is 11.5 Å². The number of nitrogen functional groups attached to an aromatic ring is 1. The monoisotopic (exact) mass is 293 g/mol. The van der Waals surface area contributed by atoms with Crippen LogP contribution in [0.15, 0.2) is 48.5 Å². The number of benzene rings is 2. The van der Waals surface area contributed by atoms with Crippen LogP contribution in [0.4, 0.5) is 5.69 Å². The molecule has 0 heterocycles. The van der Waals surface area contributed by atoms with Gasteiger partial charge in [0, 0.05) is 5.69 Å². The summed E-state index contributed by atoms with van der Waals surface area (Å²) in [7, 11) is 0. The van der Waals surface area contributed by atoms with Gasteiger partial charge in [0.25, 0.3) is 0 Å². The van der Waals surface area contributed by atoms with Crippen LogP contribution in [0, 0.1) is 0 Å². The van der Waals surface area contributed by atoms with E-state index in [2.05, 4.69) is 0 Å². The molecule has 0 radical (unpaired) electrons. The Morgan fingerprint density at radius 3 is 1.95 bits per heavy atom. The summed E-state index contributed by atoms with van der Waals surface area (Å²) in [6.07, 6.45) is -1.99. The van der Waals surface area contributed by atoms with Crippen molar-refractivity contribution in [2.45, 2.75) is 12.2 Å². The molecule has 0 aliphatic rings. The normalized spacial score (nSPS) is 13.8. The number of aliphatic hydroxyl groups excluding tert-OH is 2. The van der Waals surface area contributed by atoms with Crippen LogP contribution in [0.1, 0.15) is 11.7 Å². The average molecular weight is 294 g/mol. The molecule has 4 nitrogen and oxygen atoms in total. The van der Waals surface area contributed by atoms with Crippen LogP contribution >= 0.6 is 11.6 Å². The zero-order valence-corrected chi connectivity index (χ0v) is 11.5. The van der Waals surface area contributed by atoms with Gasteiger partial charge in [0.1, 0.15) is 17.6 Å². The molecule has 0 spiro atoms. The van der Waals surface area contributed by atoms with E-state index in [1.54, 1.807) is 48.5 Å². The van der Waals surface area contributed by atoms with E-state index in [-0.39, 0.29) is 5.88 Å². The van der Waals surface area contributed by atoms with Crippen LogP contribution < -0.4 is 10.5 Å². The van der Waals surface area contributed by atoms with E-state index in [1.165, 1.54) is 0 Å². The average Bonchev–Trinajstić information content (AvgIpc) is 2.49. The Bertz CT molecular complexity index is 542. The summed E-state index contributed by atoms with van der Waals surface area (Å²) >= 11 is 5.50. The van der Waals surface area contributed by atoms with E-state index in [9.17, 15) is 10.2 Å². The lowest BCUT2D eigenvalue weighted by Crippen LogP contribution is -2.19. The first-order valence-electron chi connectivity index (χ1n) is 6.15. The van der Waals surface area contributed by atoms with Crippen molar-refractivity contribution in [1.29, 1.82) is 0 Å². The molecular weight excluding hydrogens is 278 g/mol. The number of alkyl halides is 1. The largest absolute Gasteiger partial charge is 0.457 e. The van der Waals surface area contributed by atoms with Gasteiger partial charge in [-0.25, -0.2) is 0 Å². The summed E-state index contributed by atoms with van der Waals surface area (Å²) < 4.78 is 5.63. The van der Waals surface area contributed by atoms with Gasteiger partial charge in [0.05, 0.1) is 12.0 Å². The molecule has 0 amide bonds. The van der Waals surface area contributed by atoms with Gasteiger partial charge in [-0.1, -0.05) is 12.1 Å². The highest BCUT2D eigenvalue weighted by Gasteiger charge is 2.17. The molecule has 2 aromatic rings. The number of anilines is 1. The Hall–Kier alpha value is -1.75. The molecule has 0 aliphatic carbocycles. The number of halogens is 1. The number of aliphatic hydroxyl groups is 2. The fourth-order valence-electron chi connectivity index (χ4n) is 1.71. The smallest absolute Gasteiger partial charge is 0.127 e. The van der Waals surface area contributed by atoms with Crippen LogP contribution in [0.2, 0.25) is 0 Å². The molecule has 2 rings (SSSR count). The second kappa shape index (κ2) is 6.61. The van der Waals surface area contributed by atoms with E-state index in [4.69, 9.17) is 22.1 Å². The highest BCUT2D eigenvalue weighted by molar-refractivity contribution is 6.18. The Morgan fingerprint density at radius 1 is 0.950 bits per heavy atom.